The number of carbonyl (C=O) groups is 1. The minimum atomic E-state index is -0.488. The number of carbonyl (C=O) groups excluding carboxylic acids is 1. The Balaban J connectivity index is 1.85. The van der Waals surface area contributed by atoms with Gasteiger partial charge in [0.15, 0.2) is 5.82 Å². The van der Waals surface area contributed by atoms with Crippen molar-refractivity contribution >= 4 is 17.7 Å². The molecule has 0 aromatic carbocycles. The Morgan fingerprint density at radius 2 is 2.26 bits per heavy atom. The molecule has 1 atom stereocenters. The molecule has 0 bridgehead atoms. The molecule has 1 aliphatic carbocycles. The minimum absolute atomic E-state index is 0.318. The van der Waals surface area contributed by atoms with Gasteiger partial charge in [0.25, 0.3) is 0 Å². The fourth-order valence-corrected chi connectivity index (χ4v) is 3.29. The van der Waals surface area contributed by atoms with Crippen LogP contribution in [-0.4, -0.2) is 28.0 Å². The van der Waals surface area contributed by atoms with Gasteiger partial charge in [0.2, 0.25) is 5.89 Å². The van der Waals surface area contributed by atoms with Crippen LogP contribution in [0.15, 0.2) is 4.52 Å². The lowest BCUT2D eigenvalue weighted by Crippen LogP contribution is -2.13. The van der Waals surface area contributed by atoms with E-state index in [1.54, 1.807) is 13.8 Å². The fraction of sp³-hybridized carbons (Fsp3) is 0.769. The molecule has 0 spiro atoms. The Hall–Kier alpha value is -1.04. The molecule has 106 valence electrons. The van der Waals surface area contributed by atoms with Crippen LogP contribution in [0.25, 0.3) is 0 Å². The van der Waals surface area contributed by atoms with Gasteiger partial charge in [-0.1, -0.05) is 18.0 Å². The zero-order valence-electron chi connectivity index (χ0n) is 11.4. The quantitative estimate of drug-likeness (QED) is 0.748. The molecule has 0 aliphatic heterocycles. The van der Waals surface area contributed by atoms with Crippen LogP contribution in [0.5, 0.6) is 0 Å². The predicted octanol–water partition coefficient (Wildman–Crippen LogP) is 2.91. The monoisotopic (exact) mass is 284 g/mol. The lowest BCUT2D eigenvalue weighted by atomic mass is 10.2. The molecule has 1 unspecified atom stereocenters. The van der Waals surface area contributed by atoms with Crippen molar-refractivity contribution in [3.8, 4) is 0 Å². The number of ether oxygens (including phenoxy) is 1. The van der Waals surface area contributed by atoms with Gasteiger partial charge < -0.3 is 9.26 Å². The van der Waals surface area contributed by atoms with Crippen LogP contribution in [-0.2, 0) is 15.3 Å². The van der Waals surface area contributed by atoms with E-state index >= 15 is 0 Å². The van der Waals surface area contributed by atoms with E-state index in [0.717, 1.165) is 11.0 Å². The van der Waals surface area contributed by atoms with Gasteiger partial charge in [-0.15, -0.1) is 0 Å². The number of hydrogen-bond donors (Lipinski definition) is 0. The van der Waals surface area contributed by atoms with Crippen LogP contribution in [0.3, 0.4) is 0 Å². The molecule has 1 fully saturated rings. The summed E-state index contributed by atoms with van der Waals surface area (Å²) in [5.74, 6) is 0.964. The van der Waals surface area contributed by atoms with E-state index < -0.39 is 5.92 Å². The Morgan fingerprint density at radius 1 is 1.53 bits per heavy atom. The van der Waals surface area contributed by atoms with E-state index in [1.807, 2.05) is 11.8 Å². The third-order valence-electron chi connectivity index (χ3n) is 3.24. The van der Waals surface area contributed by atoms with Gasteiger partial charge in [0.1, 0.15) is 5.92 Å². The van der Waals surface area contributed by atoms with Crippen LogP contribution < -0.4 is 0 Å². The zero-order chi connectivity index (χ0) is 13.7. The molecule has 0 amide bonds. The largest absolute Gasteiger partial charge is 0.465 e. The standard InChI is InChI=1S/C13H20N2O3S/c1-3-17-13(16)9(2)12-14-11(15-18-12)8-19-10-6-4-5-7-10/h9-10H,3-8H2,1-2H3. The predicted molar refractivity (Wildman–Crippen MR) is 72.9 cm³/mol. The van der Waals surface area contributed by atoms with Crippen molar-refractivity contribution in [3.63, 3.8) is 0 Å². The highest BCUT2D eigenvalue weighted by molar-refractivity contribution is 7.99. The summed E-state index contributed by atoms with van der Waals surface area (Å²) >= 11 is 1.88. The molecule has 1 aliphatic rings. The zero-order valence-corrected chi connectivity index (χ0v) is 12.2. The molecule has 1 aromatic heterocycles. The van der Waals surface area contributed by atoms with Gasteiger partial charge in [-0.05, 0) is 26.7 Å². The maximum absolute atomic E-state index is 11.6. The summed E-state index contributed by atoms with van der Waals surface area (Å²) in [7, 11) is 0. The van der Waals surface area contributed by atoms with Gasteiger partial charge in [-0.3, -0.25) is 4.79 Å². The number of hydrogen-bond acceptors (Lipinski definition) is 6. The van der Waals surface area contributed by atoms with Crippen LogP contribution in [0.4, 0.5) is 0 Å². The highest BCUT2D eigenvalue weighted by atomic mass is 32.2. The maximum atomic E-state index is 11.6. The molecule has 0 saturated heterocycles. The van der Waals surface area contributed by atoms with Crippen molar-refractivity contribution in [2.75, 3.05) is 6.61 Å². The van der Waals surface area contributed by atoms with E-state index in [2.05, 4.69) is 10.1 Å². The van der Waals surface area contributed by atoms with E-state index in [4.69, 9.17) is 9.26 Å². The topological polar surface area (TPSA) is 65.2 Å². The van der Waals surface area contributed by atoms with Crippen molar-refractivity contribution in [1.82, 2.24) is 10.1 Å². The van der Waals surface area contributed by atoms with Crippen LogP contribution >= 0.6 is 11.8 Å². The van der Waals surface area contributed by atoms with E-state index in [-0.39, 0.29) is 5.97 Å². The number of nitrogens with zero attached hydrogens (tertiary/aromatic N) is 2. The normalized spacial score (nSPS) is 17.6. The number of rotatable bonds is 6. The summed E-state index contributed by atoms with van der Waals surface area (Å²) < 4.78 is 10.1. The average Bonchev–Trinajstić information content (AvgIpc) is 3.07. The van der Waals surface area contributed by atoms with Gasteiger partial charge in [0.05, 0.1) is 12.4 Å². The minimum Gasteiger partial charge on any atom is -0.465 e. The summed E-state index contributed by atoms with van der Waals surface area (Å²) in [5, 5.41) is 4.65. The summed E-state index contributed by atoms with van der Waals surface area (Å²) in [4.78, 5) is 15.8. The van der Waals surface area contributed by atoms with Crippen LogP contribution in [0.2, 0.25) is 0 Å². The van der Waals surface area contributed by atoms with Crippen molar-refractivity contribution in [2.24, 2.45) is 0 Å². The van der Waals surface area contributed by atoms with Crippen molar-refractivity contribution in [2.45, 2.75) is 56.5 Å². The first-order chi connectivity index (χ1) is 9.20. The molecular weight excluding hydrogens is 264 g/mol. The molecule has 0 radical (unpaired) electrons. The first kappa shape index (κ1) is 14.4. The smallest absolute Gasteiger partial charge is 0.318 e. The van der Waals surface area contributed by atoms with E-state index in [1.165, 1.54) is 25.7 Å². The van der Waals surface area contributed by atoms with Gasteiger partial charge in [-0.2, -0.15) is 16.7 Å². The van der Waals surface area contributed by atoms with Gasteiger partial charge >= 0.3 is 5.97 Å². The third-order valence-corrected chi connectivity index (χ3v) is 4.61. The summed E-state index contributed by atoms with van der Waals surface area (Å²) in [5.41, 5.74) is 0. The van der Waals surface area contributed by atoms with Crippen LogP contribution in [0, 0.1) is 0 Å². The molecule has 6 heteroatoms. The van der Waals surface area contributed by atoms with E-state index in [0.29, 0.717) is 18.3 Å². The van der Waals surface area contributed by atoms with Gasteiger partial charge in [0, 0.05) is 5.25 Å². The molecule has 5 nitrogen and oxygen atoms in total. The second-order valence-corrected chi connectivity index (χ2v) is 6.03. The second kappa shape index (κ2) is 6.93. The van der Waals surface area contributed by atoms with E-state index in [9.17, 15) is 4.79 Å². The Kier molecular flexibility index (Phi) is 5.24. The molecule has 1 heterocycles. The first-order valence-corrected chi connectivity index (χ1v) is 7.86. The summed E-state index contributed by atoms with van der Waals surface area (Å²) in [6.45, 7) is 3.86. The third kappa shape index (κ3) is 3.96. The summed E-state index contributed by atoms with van der Waals surface area (Å²) in [6.07, 6.45) is 5.23. The fourth-order valence-electron chi connectivity index (χ4n) is 2.12. The van der Waals surface area contributed by atoms with Crippen molar-refractivity contribution in [1.29, 1.82) is 0 Å². The van der Waals surface area contributed by atoms with Crippen molar-refractivity contribution in [3.05, 3.63) is 11.7 Å². The van der Waals surface area contributed by atoms with Gasteiger partial charge in [-0.25, -0.2) is 0 Å². The lowest BCUT2D eigenvalue weighted by molar-refractivity contribution is -0.145. The number of aromatic nitrogens is 2. The molecule has 1 saturated carbocycles. The molecule has 19 heavy (non-hydrogen) atoms. The number of thioether (sulfide) groups is 1. The van der Waals surface area contributed by atoms with Crippen LogP contribution in [0.1, 0.15) is 57.2 Å². The SMILES string of the molecule is CCOC(=O)C(C)c1nc(CSC2CCCC2)no1. The molecular formula is C13H20N2O3S. The van der Waals surface area contributed by atoms with Crippen molar-refractivity contribution < 1.29 is 14.1 Å². The maximum Gasteiger partial charge on any atom is 0.318 e. The second-order valence-electron chi connectivity index (χ2n) is 4.74. The molecule has 2 rings (SSSR count). The lowest BCUT2D eigenvalue weighted by Gasteiger charge is -2.05. The molecule has 1 aromatic rings. The Bertz CT molecular complexity index is 416. The summed E-state index contributed by atoms with van der Waals surface area (Å²) in [6, 6.07) is 0. The number of esters is 1. The molecule has 0 N–H and O–H groups in total. The highest BCUT2D eigenvalue weighted by Gasteiger charge is 2.23. The average molecular weight is 284 g/mol. The Morgan fingerprint density at radius 3 is 2.95 bits per heavy atom. The Labute approximate surface area is 117 Å². The first-order valence-electron chi connectivity index (χ1n) is 6.81. The highest BCUT2D eigenvalue weighted by Crippen LogP contribution is 2.31.